The minimum Gasteiger partial charge on any atom is -0.481 e. The molecule has 0 aliphatic heterocycles. The summed E-state index contributed by atoms with van der Waals surface area (Å²) in [5, 5.41) is 44.3. The first-order valence-electron chi connectivity index (χ1n) is 5.30. The van der Waals surface area contributed by atoms with Crippen molar-refractivity contribution in [2.24, 2.45) is 0 Å². The van der Waals surface area contributed by atoms with Gasteiger partial charge >= 0.3 is 17.9 Å². The van der Waals surface area contributed by atoms with E-state index >= 15 is 0 Å². The van der Waals surface area contributed by atoms with Crippen LogP contribution in [-0.2, 0) is 14.4 Å². The highest BCUT2D eigenvalue weighted by Crippen LogP contribution is 2.21. The van der Waals surface area contributed by atoms with Gasteiger partial charge in [0.15, 0.2) is 11.7 Å². The third-order valence-electron chi connectivity index (χ3n) is 2.51. The van der Waals surface area contributed by atoms with Crippen LogP contribution in [0.4, 0.5) is 0 Å². The molecule has 0 spiro atoms. The Balaban J connectivity index is 4.33. The van der Waals surface area contributed by atoms with Gasteiger partial charge in [0, 0.05) is 6.42 Å². The third kappa shape index (κ3) is 4.68. The van der Waals surface area contributed by atoms with E-state index in [1.54, 1.807) is 0 Å². The second-order valence-electron chi connectivity index (χ2n) is 3.92. The van der Waals surface area contributed by atoms with Gasteiger partial charge in [0.25, 0.3) is 0 Å². The van der Waals surface area contributed by atoms with E-state index in [4.69, 9.17) is 20.4 Å². The van der Waals surface area contributed by atoms with Crippen LogP contribution in [0.2, 0.25) is 0 Å². The largest absolute Gasteiger partial charge is 0.481 e. The number of aliphatic hydroxyl groups excluding tert-OH is 1. The first-order chi connectivity index (χ1) is 8.21. The molecule has 2 unspecified atom stereocenters. The Bertz CT molecular complexity index is 326. The second kappa shape index (κ2) is 6.92. The number of aliphatic hydroxyl groups is 2. The van der Waals surface area contributed by atoms with Crippen molar-refractivity contribution in [3.63, 3.8) is 0 Å². The third-order valence-corrected chi connectivity index (χ3v) is 2.51. The van der Waals surface area contributed by atoms with Gasteiger partial charge in [-0.15, -0.1) is 0 Å². The fourth-order valence-corrected chi connectivity index (χ4v) is 1.41. The van der Waals surface area contributed by atoms with Crippen LogP contribution in [0.15, 0.2) is 0 Å². The molecular weight excluding hydrogens is 248 g/mol. The van der Waals surface area contributed by atoms with E-state index in [-0.39, 0.29) is 19.3 Å². The van der Waals surface area contributed by atoms with Crippen LogP contribution in [-0.4, -0.2) is 55.1 Å². The lowest BCUT2D eigenvalue weighted by atomic mass is 9.90. The van der Waals surface area contributed by atoms with Crippen LogP contribution < -0.4 is 0 Å². The first-order valence-corrected chi connectivity index (χ1v) is 5.30. The second-order valence-corrected chi connectivity index (χ2v) is 3.92. The normalized spacial score (nSPS) is 15.7. The molecule has 0 saturated carbocycles. The van der Waals surface area contributed by atoms with E-state index in [2.05, 4.69) is 0 Å². The molecular formula is C10H16O8. The number of carboxylic acid groups (broad SMARTS) is 3. The van der Waals surface area contributed by atoms with Crippen LogP contribution in [0.3, 0.4) is 0 Å². The molecule has 104 valence electrons. The summed E-state index contributed by atoms with van der Waals surface area (Å²) >= 11 is 0. The monoisotopic (exact) mass is 264 g/mol. The average molecular weight is 264 g/mol. The van der Waals surface area contributed by atoms with Crippen LogP contribution in [0.25, 0.3) is 0 Å². The number of rotatable bonds is 9. The van der Waals surface area contributed by atoms with E-state index in [0.29, 0.717) is 6.42 Å². The van der Waals surface area contributed by atoms with Crippen molar-refractivity contribution in [2.75, 3.05) is 0 Å². The first kappa shape index (κ1) is 16.3. The molecule has 2 atom stereocenters. The van der Waals surface area contributed by atoms with E-state index in [0.717, 1.165) is 0 Å². The molecule has 0 heterocycles. The molecule has 0 aromatic heterocycles. The number of aliphatic carboxylic acids is 3. The molecule has 0 saturated heterocycles. The lowest BCUT2D eigenvalue weighted by Gasteiger charge is -2.25. The van der Waals surface area contributed by atoms with Gasteiger partial charge in [-0.25, -0.2) is 9.59 Å². The Morgan fingerprint density at radius 3 is 1.94 bits per heavy atom. The predicted molar refractivity (Wildman–Crippen MR) is 56.9 cm³/mol. The summed E-state index contributed by atoms with van der Waals surface area (Å²) in [5.74, 6) is -4.64. The van der Waals surface area contributed by atoms with Crippen molar-refractivity contribution in [1.29, 1.82) is 0 Å². The Morgan fingerprint density at radius 1 is 1.00 bits per heavy atom. The molecule has 8 nitrogen and oxygen atoms in total. The van der Waals surface area contributed by atoms with Gasteiger partial charge in [0.2, 0.25) is 0 Å². The quantitative estimate of drug-likeness (QED) is 0.342. The van der Waals surface area contributed by atoms with E-state index in [1.807, 2.05) is 0 Å². The van der Waals surface area contributed by atoms with Gasteiger partial charge < -0.3 is 25.5 Å². The number of hydrogen-bond acceptors (Lipinski definition) is 5. The van der Waals surface area contributed by atoms with Crippen molar-refractivity contribution in [3.8, 4) is 0 Å². The number of hydrogen-bond donors (Lipinski definition) is 5. The molecule has 0 rings (SSSR count). The molecule has 0 aliphatic carbocycles. The van der Waals surface area contributed by atoms with Gasteiger partial charge in [0.05, 0.1) is 0 Å². The van der Waals surface area contributed by atoms with Gasteiger partial charge in [-0.05, 0) is 19.3 Å². The molecule has 0 bridgehead atoms. The molecule has 0 fully saturated rings. The van der Waals surface area contributed by atoms with E-state index in [9.17, 15) is 19.5 Å². The average Bonchev–Trinajstić information content (AvgIpc) is 2.26. The van der Waals surface area contributed by atoms with E-state index < -0.39 is 36.0 Å². The van der Waals surface area contributed by atoms with Crippen LogP contribution in [0.5, 0.6) is 0 Å². The lowest BCUT2D eigenvalue weighted by molar-refractivity contribution is -0.184. The van der Waals surface area contributed by atoms with Crippen LogP contribution >= 0.6 is 0 Å². The zero-order valence-corrected chi connectivity index (χ0v) is 9.57. The fourth-order valence-electron chi connectivity index (χ4n) is 1.41. The Kier molecular flexibility index (Phi) is 6.28. The number of carbonyl (C=O) groups is 3. The summed E-state index contributed by atoms with van der Waals surface area (Å²) in [7, 11) is 0. The maximum absolute atomic E-state index is 10.8. The highest BCUT2D eigenvalue weighted by molar-refractivity contribution is 5.87. The molecule has 0 aliphatic rings. The Labute approximate surface area is 102 Å². The summed E-state index contributed by atoms with van der Waals surface area (Å²) in [6.07, 6.45) is -2.28. The molecule has 0 aromatic rings. The topological polar surface area (TPSA) is 152 Å². The maximum atomic E-state index is 10.8. The summed E-state index contributed by atoms with van der Waals surface area (Å²) in [4.78, 5) is 31.5. The Hall–Kier alpha value is -1.67. The minimum atomic E-state index is -2.75. The Morgan fingerprint density at radius 2 is 1.56 bits per heavy atom. The lowest BCUT2D eigenvalue weighted by Crippen LogP contribution is -2.53. The smallest absolute Gasteiger partial charge is 0.339 e. The summed E-state index contributed by atoms with van der Waals surface area (Å²) in [5.41, 5.74) is -2.75. The summed E-state index contributed by atoms with van der Waals surface area (Å²) < 4.78 is 0. The highest BCUT2D eigenvalue weighted by Gasteiger charge is 2.47. The van der Waals surface area contributed by atoms with Crippen molar-refractivity contribution in [1.82, 2.24) is 0 Å². The van der Waals surface area contributed by atoms with Crippen molar-refractivity contribution in [2.45, 2.75) is 43.8 Å². The minimum absolute atomic E-state index is 0.0903. The summed E-state index contributed by atoms with van der Waals surface area (Å²) in [6.45, 7) is 0. The maximum Gasteiger partial charge on any atom is 0.339 e. The number of unbranched alkanes of at least 4 members (excludes halogenated alkanes) is 2. The van der Waals surface area contributed by atoms with Gasteiger partial charge in [-0.2, -0.15) is 0 Å². The van der Waals surface area contributed by atoms with Gasteiger partial charge in [-0.1, -0.05) is 6.42 Å². The van der Waals surface area contributed by atoms with Crippen LogP contribution in [0, 0.1) is 0 Å². The summed E-state index contributed by atoms with van der Waals surface area (Å²) in [6, 6.07) is 0. The highest BCUT2D eigenvalue weighted by atomic mass is 16.4. The van der Waals surface area contributed by atoms with Crippen molar-refractivity contribution in [3.05, 3.63) is 0 Å². The standard InChI is InChI=1S/C10H16O8/c11-6(12)4-2-1-3-5-10(18,9(16)17)7(13)8(14)15/h7,13,18H,1-5H2,(H,11,12)(H,14,15)(H,16,17). The molecule has 0 amide bonds. The zero-order valence-electron chi connectivity index (χ0n) is 9.57. The molecule has 0 radical (unpaired) electrons. The fraction of sp³-hybridized carbons (Fsp3) is 0.700. The SMILES string of the molecule is O=C(O)CCCCCC(O)(C(=O)O)C(O)C(=O)O. The van der Waals surface area contributed by atoms with Crippen molar-refractivity contribution >= 4 is 17.9 Å². The molecule has 0 aromatic carbocycles. The van der Waals surface area contributed by atoms with Gasteiger partial charge in [0.1, 0.15) is 0 Å². The molecule has 5 N–H and O–H groups in total. The van der Waals surface area contributed by atoms with E-state index in [1.165, 1.54) is 0 Å². The molecule has 8 heteroatoms. The zero-order chi connectivity index (χ0) is 14.3. The predicted octanol–water partition coefficient (Wildman–Crippen LogP) is -0.717. The van der Waals surface area contributed by atoms with Gasteiger partial charge in [-0.3, -0.25) is 4.79 Å². The number of carboxylic acids is 3. The van der Waals surface area contributed by atoms with Crippen molar-refractivity contribution < 1.29 is 39.9 Å². The molecule has 18 heavy (non-hydrogen) atoms. The van der Waals surface area contributed by atoms with Crippen LogP contribution in [0.1, 0.15) is 32.1 Å².